The number of hydrogen-bond acceptors (Lipinski definition) is 6. The third kappa shape index (κ3) is 3.76. The number of hydrogen-bond donors (Lipinski definition) is 1. The summed E-state index contributed by atoms with van der Waals surface area (Å²) in [6.07, 6.45) is 5.77. The monoisotopic (exact) mass is 331 g/mol. The first-order chi connectivity index (χ1) is 11.6. The van der Waals surface area contributed by atoms with Crippen LogP contribution >= 0.6 is 0 Å². The molecule has 2 aromatic heterocycles. The standard InChI is InChI=1S/C16H18FN5O2/c17-13-8-19-10-21-16(13)22-5-2-11(3-6-22)9-24-12-1-4-20-14(7-12)15(18)23/h1,4,7-8,10-11H,2-3,5-6,9H2,(H2,18,23). The van der Waals surface area contributed by atoms with Crippen molar-refractivity contribution in [2.75, 3.05) is 24.6 Å². The molecule has 7 nitrogen and oxygen atoms in total. The van der Waals surface area contributed by atoms with Crippen molar-refractivity contribution in [1.29, 1.82) is 0 Å². The van der Waals surface area contributed by atoms with Gasteiger partial charge in [-0.2, -0.15) is 0 Å². The Bertz CT molecular complexity index is 719. The lowest BCUT2D eigenvalue weighted by molar-refractivity contribution is 0.0995. The van der Waals surface area contributed by atoms with E-state index in [1.165, 1.54) is 24.8 Å². The molecule has 1 aliphatic rings. The quantitative estimate of drug-likeness (QED) is 0.890. The zero-order chi connectivity index (χ0) is 16.9. The largest absolute Gasteiger partial charge is 0.493 e. The highest BCUT2D eigenvalue weighted by atomic mass is 19.1. The minimum Gasteiger partial charge on any atom is -0.493 e. The Balaban J connectivity index is 1.52. The molecule has 0 saturated carbocycles. The van der Waals surface area contributed by atoms with Gasteiger partial charge in [0.2, 0.25) is 0 Å². The zero-order valence-corrected chi connectivity index (χ0v) is 13.1. The second-order valence-corrected chi connectivity index (χ2v) is 5.68. The average molecular weight is 331 g/mol. The van der Waals surface area contributed by atoms with Crippen molar-refractivity contribution in [3.8, 4) is 5.75 Å². The minimum atomic E-state index is -0.583. The average Bonchev–Trinajstić information content (AvgIpc) is 2.61. The predicted octanol–water partition coefficient (Wildman–Crippen LogP) is 1.40. The number of nitrogens with two attached hydrogens (primary N) is 1. The van der Waals surface area contributed by atoms with E-state index >= 15 is 0 Å². The fourth-order valence-electron chi connectivity index (χ4n) is 2.70. The number of nitrogens with zero attached hydrogens (tertiary/aromatic N) is 4. The van der Waals surface area contributed by atoms with Crippen LogP contribution in [0.3, 0.4) is 0 Å². The van der Waals surface area contributed by atoms with E-state index in [4.69, 9.17) is 10.5 Å². The molecule has 0 spiro atoms. The second kappa shape index (κ2) is 7.20. The summed E-state index contributed by atoms with van der Waals surface area (Å²) in [5, 5.41) is 0. The van der Waals surface area contributed by atoms with E-state index in [0.29, 0.717) is 37.2 Å². The van der Waals surface area contributed by atoms with E-state index in [9.17, 15) is 9.18 Å². The highest BCUT2D eigenvalue weighted by molar-refractivity contribution is 5.91. The van der Waals surface area contributed by atoms with Gasteiger partial charge in [0.05, 0.1) is 12.8 Å². The number of halogens is 1. The third-order valence-electron chi connectivity index (χ3n) is 4.03. The number of carbonyl (C=O) groups is 1. The number of amides is 1. The number of carbonyl (C=O) groups excluding carboxylic acids is 1. The van der Waals surface area contributed by atoms with Crippen molar-refractivity contribution in [1.82, 2.24) is 15.0 Å². The molecule has 1 fully saturated rings. The highest BCUT2D eigenvalue weighted by Gasteiger charge is 2.22. The van der Waals surface area contributed by atoms with E-state index < -0.39 is 11.7 Å². The van der Waals surface area contributed by atoms with E-state index in [-0.39, 0.29) is 5.69 Å². The molecule has 0 aromatic carbocycles. The Labute approximate surface area is 138 Å². The van der Waals surface area contributed by atoms with Gasteiger partial charge in [-0.1, -0.05) is 0 Å². The topological polar surface area (TPSA) is 94.2 Å². The molecule has 126 valence electrons. The van der Waals surface area contributed by atoms with Crippen molar-refractivity contribution >= 4 is 11.7 Å². The lowest BCUT2D eigenvalue weighted by Gasteiger charge is -2.32. The molecule has 24 heavy (non-hydrogen) atoms. The summed E-state index contributed by atoms with van der Waals surface area (Å²) in [5.41, 5.74) is 5.38. The minimum absolute atomic E-state index is 0.182. The molecular formula is C16H18FN5O2. The van der Waals surface area contributed by atoms with Gasteiger partial charge in [0.25, 0.3) is 5.91 Å². The maximum Gasteiger partial charge on any atom is 0.267 e. The van der Waals surface area contributed by atoms with Gasteiger partial charge in [-0.25, -0.2) is 14.4 Å². The summed E-state index contributed by atoms with van der Waals surface area (Å²) in [6, 6.07) is 3.23. The molecule has 8 heteroatoms. The van der Waals surface area contributed by atoms with Crippen LogP contribution in [-0.4, -0.2) is 40.6 Å². The van der Waals surface area contributed by atoms with E-state index in [1.54, 1.807) is 6.07 Å². The first-order valence-electron chi connectivity index (χ1n) is 7.72. The van der Waals surface area contributed by atoms with Crippen molar-refractivity contribution in [2.45, 2.75) is 12.8 Å². The van der Waals surface area contributed by atoms with Crippen LogP contribution in [0.4, 0.5) is 10.2 Å². The zero-order valence-electron chi connectivity index (χ0n) is 13.1. The summed E-state index contributed by atoms with van der Waals surface area (Å²) in [4.78, 5) is 24.6. The number of primary amides is 1. The summed E-state index contributed by atoms with van der Waals surface area (Å²) < 4.78 is 19.4. The fraction of sp³-hybridized carbons (Fsp3) is 0.375. The molecular weight excluding hydrogens is 313 g/mol. The van der Waals surface area contributed by atoms with Crippen LogP contribution in [0.2, 0.25) is 0 Å². The SMILES string of the molecule is NC(=O)c1cc(OCC2CCN(c3ncncc3F)CC2)ccn1. The smallest absolute Gasteiger partial charge is 0.267 e. The Hall–Kier alpha value is -2.77. The number of piperidine rings is 1. The van der Waals surface area contributed by atoms with Crippen molar-refractivity contribution < 1.29 is 13.9 Å². The first-order valence-corrected chi connectivity index (χ1v) is 7.72. The maximum atomic E-state index is 13.7. The Morgan fingerprint density at radius 3 is 2.88 bits per heavy atom. The van der Waals surface area contributed by atoms with Gasteiger partial charge in [-0.3, -0.25) is 9.78 Å². The number of rotatable bonds is 5. The number of aromatic nitrogens is 3. The molecule has 0 bridgehead atoms. The van der Waals surface area contributed by atoms with Gasteiger partial charge < -0.3 is 15.4 Å². The number of ether oxygens (including phenoxy) is 1. The normalized spacial score (nSPS) is 15.3. The summed E-state index contributed by atoms with van der Waals surface area (Å²) >= 11 is 0. The Morgan fingerprint density at radius 2 is 2.17 bits per heavy atom. The summed E-state index contributed by atoms with van der Waals surface area (Å²) in [7, 11) is 0. The number of pyridine rings is 1. The highest BCUT2D eigenvalue weighted by Crippen LogP contribution is 2.24. The summed E-state index contributed by atoms with van der Waals surface area (Å²) in [5.74, 6) is 0.299. The van der Waals surface area contributed by atoms with Crippen molar-refractivity contribution in [3.05, 3.63) is 42.4 Å². The molecule has 0 radical (unpaired) electrons. The molecule has 0 aliphatic carbocycles. The predicted molar refractivity (Wildman–Crippen MR) is 85.2 cm³/mol. The maximum absolute atomic E-state index is 13.7. The van der Waals surface area contributed by atoms with Gasteiger partial charge in [-0.15, -0.1) is 0 Å². The lowest BCUT2D eigenvalue weighted by Crippen LogP contribution is -2.36. The molecule has 0 atom stereocenters. The summed E-state index contributed by atoms with van der Waals surface area (Å²) in [6.45, 7) is 1.96. The first kappa shape index (κ1) is 16.1. The van der Waals surface area contributed by atoms with E-state index in [0.717, 1.165) is 12.8 Å². The molecule has 2 N–H and O–H groups in total. The third-order valence-corrected chi connectivity index (χ3v) is 4.03. The van der Waals surface area contributed by atoms with Crippen LogP contribution in [0.25, 0.3) is 0 Å². The second-order valence-electron chi connectivity index (χ2n) is 5.68. The van der Waals surface area contributed by atoms with Gasteiger partial charge >= 0.3 is 0 Å². The van der Waals surface area contributed by atoms with Gasteiger partial charge in [-0.05, 0) is 24.8 Å². The van der Waals surface area contributed by atoms with Gasteiger partial charge in [0.1, 0.15) is 17.8 Å². The van der Waals surface area contributed by atoms with Crippen molar-refractivity contribution in [3.63, 3.8) is 0 Å². The van der Waals surface area contributed by atoms with Gasteiger partial charge in [0, 0.05) is 25.4 Å². The molecule has 1 aliphatic heterocycles. The van der Waals surface area contributed by atoms with Gasteiger partial charge in [0.15, 0.2) is 11.6 Å². The van der Waals surface area contributed by atoms with Crippen LogP contribution in [-0.2, 0) is 0 Å². The molecule has 3 rings (SSSR count). The fourth-order valence-corrected chi connectivity index (χ4v) is 2.70. The molecule has 1 saturated heterocycles. The van der Waals surface area contributed by atoms with Crippen LogP contribution in [0.15, 0.2) is 30.9 Å². The molecule has 1 amide bonds. The van der Waals surface area contributed by atoms with Crippen LogP contribution in [0, 0.1) is 11.7 Å². The molecule has 2 aromatic rings. The van der Waals surface area contributed by atoms with Crippen LogP contribution < -0.4 is 15.4 Å². The van der Waals surface area contributed by atoms with E-state index in [1.807, 2.05) is 4.90 Å². The van der Waals surface area contributed by atoms with Crippen molar-refractivity contribution in [2.24, 2.45) is 11.7 Å². The molecule has 0 unspecified atom stereocenters. The van der Waals surface area contributed by atoms with E-state index in [2.05, 4.69) is 15.0 Å². The Kier molecular flexibility index (Phi) is 4.83. The lowest BCUT2D eigenvalue weighted by atomic mass is 9.98. The Morgan fingerprint density at radius 1 is 1.38 bits per heavy atom. The van der Waals surface area contributed by atoms with Crippen LogP contribution in [0.5, 0.6) is 5.75 Å². The molecule has 3 heterocycles. The number of anilines is 1. The van der Waals surface area contributed by atoms with Crippen LogP contribution in [0.1, 0.15) is 23.3 Å².